The molecule has 0 aliphatic heterocycles. The molecule has 0 spiro atoms. The summed E-state index contributed by atoms with van der Waals surface area (Å²) in [5, 5.41) is 0.800. The van der Waals surface area contributed by atoms with Crippen LogP contribution in [0.2, 0.25) is 0 Å². The van der Waals surface area contributed by atoms with Crippen molar-refractivity contribution in [2.45, 2.75) is 42.2 Å². The topological polar surface area (TPSA) is 0 Å². The molecule has 3 heteroatoms. The van der Waals surface area contributed by atoms with Gasteiger partial charge in [0.1, 0.15) is 5.82 Å². The minimum atomic E-state index is -0.151. The Morgan fingerprint density at radius 2 is 1.67 bits per heavy atom. The maximum atomic E-state index is 12.7. The highest BCUT2D eigenvalue weighted by Gasteiger charge is 2.14. The first kappa shape index (κ1) is 11.3. The van der Waals surface area contributed by atoms with Crippen LogP contribution in [-0.2, 0) is 0 Å². The summed E-state index contributed by atoms with van der Waals surface area (Å²) in [7, 11) is 3.74. The van der Waals surface area contributed by atoms with E-state index in [4.69, 9.17) is 0 Å². The van der Waals surface area contributed by atoms with Crippen molar-refractivity contribution in [1.82, 2.24) is 0 Å². The van der Waals surface area contributed by atoms with Crippen molar-refractivity contribution >= 4 is 21.6 Å². The van der Waals surface area contributed by atoms with Gasteiger partial charge in [-0.05, 0) is 37.1 Å². The van der Waals surface area contributed by atoms with E-state index in [9.17, 15) is 4.39 Å². The molecule has 0 atom stereocenters. The minimum Gasteiger partial charge on any atom is -0.207 e. The van der Waals surface area contributed by atoms with Crippen LogP contribution in [0.25, 0.3) is 0 Å². The van der Waals surface area contributed by atoms with Crippen LogP contribution in [0.4, 0.5) is 4.39 Å². The molecule has 0 unspecified atom stereocenters. The summed E-state index contributed by atoms with van der Waals surface area (Å²) in [6, 6.07) is 6.78. The van der Waals surface area contributed by atoms with Crippen molar-refractivity contribution in [3.8, 4) is 0 Å². The molecule has 0 nitrogen and oxygen atoms in total. The molecule has 0 amide bonds. The van der Waals surface area contributed by atoms with Crippen LogP contribution in [0, 0.1) is 5.82 Å². The van der Waals surface area contributed by atoms with Crippen molar-refractivity contribution in [1.29, 1.82) is 0 Å². The van der Waals surface area contributed by atoms with Crippen molar-refractivity contribution in [2.24, 2.45) is 0 Å². The second-order valence-electron chi connectivity index (χ2n) is 3.89. The first-order valence-electron chi connectivity index (χ1n) is 5.43. The molecule has 0 bridgehead atoms. The second-order valence-corrected chi connectivity index (χ2v) is 6.47. The highest BCUT2D eigenvalue weighted by Crippen LogP contribution is 2.40. The fourth-order valence-corrected chi connectivity index (χ4v) is 4.45. The summed E-state index contributed by atoms with van der Waals surface area (Å²) >= 11 is 0. The molecule has 1 aliphatic rings. The average molecular weight is 242 g/mol. The summed E-state index contributed by atoms with van der Waals surface area (Å²) in [4.78, 5) is 1.16. The van der Waals surface area contributed by atoms with Crippen LogP contribution in [-0.4, -0.2) is 5.25 Å². The van der Waals surface area contributed by atoms with Gasteiger partial charge in [-0.2, -0.15) is 0 Å². The lowest BCUT2D eigenvalue weighted by molar-refractivity contribution is 0.517. The Labute approximate surface area is 98.4 Å². The third-order valence-corrected chi connectivity index (χ3v) is 5.63. The van der Waals surface area contributed by atoms with E-state index in [-0.39, 0.29) is 5.82 Å². The highest BCUT2D eigenvalue weighted by atomic mass is 33.1. The maximum Gasteiger partial charge on any atom is 0.123 e. The largest absolute Gasteiger partial charge is 0.207 e. The lowest BCUT2D eigenvalue weighted by Gasteiger charge is -2.19. The van der Waals surface area contributed by atoms with E-state index in [1.165, 1.54) is 44.2 Å². The first-order chi connectivity index (χ1) is 7.34. The molecular weight excluding hydrogens is 227 g/mol. The van der Waals surface area contributed by atoms with Gasteiger partial charge in [-0.3, -0.25) is 0 Å². The Kier molecular flexibility index (Phi) is 4.39. The van der Waals surface area contributed by atoms with Crippen LogP contribution in [0.15, 0.2) is 29.2 Å². The van der Waals surface area contributed by atoms with Crippen LogP contribution in [0.5, 0.6) is 0 Å². The van der Waals surface area contributed by atoms with E-state index < -0.39 is 0 Å². The minimum absolute atomic E-state index is 0.151. The van der Waals surface area contributed by atoms with Crippen LogP contribution < -0.4 is 0 Å². The van der Waals surface area contributed by atoms with E-state index in [1.54, 1.807) is 10.8 Å². The lowest BCUT2D eigenvalue weighted by atomic mass is 10.0. The molecule has 0 aromatic heterocycles. The summed E-state index contributed by atoms with van der Waals surface area (Å²) < 4.78 is 12.7. The average Bonchev–Trinajstić information content (AvgIpc) is 2.30. The van der Waals surface area contributed by atoms with Gasteiger partial charge in [0.05, 0.1) is 0 Å². The van der Waals surface area contributed by atoms with Gasteiger partial charge >= 0.3 is 0 Å². The van der Waals surface area contributed by atoms with Gasteiger partial charge in [-0.1, -0.05) is 40.9 Å². The van der Waals surface area contributed by atoms with Crippen LogP contribution in [0.3, 0.4) is 0 Å². The number of benzene rings is 1. The van der Waals surface area contributed by atoms with E-state index in [0.29, 0.717) is 0 Å². The lowest BCUT2D eigenvalue weighted by Crippen LogP contribution is -2.06. The summed E-state index contributed by atoms with van der Waals surface area (Å²) in [5.74, 6) is -0.151. The van der Waals surface area contributed by atoms with Crippen molar-refractivity contribution in [2.75, 3.05) is 0 Å². The fraction of sp³-hybridized carbons (Fsp3) is 0.500. The normalized spacial score (nSPS) is 17.9. The van der Waals surface area contributed by atoms with E-state index >= 15 is 0 Å². The van der Waals surface area contributed by atoms with Gasteiger partial charge in [-0.25, -0.2) is 4.39 Å². The predicted octanol–water partition coefficient (Wildman–Crippen LogP) is 4.90. The molecule has 1 fully saturated rings. The standard InChI is InChI=1S/C12H15FS2/c13-10-6-8-12(9-7-10)15-14-11-4-2-1-3-5-11/h6-9,11H,1-5H2. The molecule has 1 saturated carbocycles. The molecule has 0 N–H and O–H groups in total. The van der Waals surface area contributed by atoms with Crippen molar-refractivity contribution in [3.63, 3.8) is 0 Å². The van der Waals surface area contributed by atoms with Gasteiger partial charge in [0.25, 0.3) is 0 Å². The molecular formula is C12H15FS2. The van der Waals surface area contributed by atoms with Crippen molar-refractivity contribution < 1.29 is 4.39 Å². The third-order valence-electron chi connectivity index (χ3n) is 2.65. The molecule has 1 aromatic rings. The fourth-order valence-electron chi connectivity index (χ4n) is 1.78. The second kappa shape index (κ2) is 5.80. The molecule has 0 radical (unpaired) electrons. The summed E-state index contributed by atoms with van der Waals surface area (Å²) in [6.07, 6.45) is 6.85. The maximum absolute atomic E-state index is 12.7. The quantitative estimate of drug-likeness (QED) is 0.691. The van der Waals surface area contributed by atoms with Crippen molar-refractivity contribution in [3.05, 3.63) is 30.1 Å². The van der Waals surface area contributed by atoms with Gasteiger partial charge in [0.15, 0.2) is 0 Å². The molecule has 15 heavy (non-hydrogen) atoms. The van der Waals surface area contributed by atoms with E-state index in [2.05, 4.69) is 0 Å². The first-order valence-corrected chi connectivity index (χ1v) is 7.65. The zero-order valence-corrected chi connectivity index (χ0v) is 10.2. The molecule has 0 heterocycles. The Hall–Kier alpha value is -0.150. The van der Waals surface area contributed by atoms with Gasteiger partial charge in [0.2, 0.25) is 0 Å². The number of rotatable bonds is 3. The van der Waals surface area contributed by atoms with Crippen LogP contribution in [0.1, 0.15) is 32.1 Å². The summed E-state index contributed by atoms with van der Waals surface area (Å²) in [5.41, 5.74) is 0. The molecule has 1 aromatic carbocycles. The van der Waals surface area contributed by atoms with E-state index in [0.717, 1.165) is 10.1 Å². The Bertz CT molecular complexity index is 291. The molecule has 1 aliphatic carbocycles. The van der Waals surface area contributed by atoms with Gasteiger partial charge in [-0.15, -0.1) is 0 Å². The Balaban J connectivity index is 1.79. The predicted molar refractivity (Wildman–Crippen MR) is 66.7 cm³/mol. The monoisotopic (exact) mass is 242 g/mol. The van der Waals surface area contributed by atoms with Gasteiger partial charge < -0.3 is 0 Å². The number of hydrogen-bond donors (Lipinski definition) is 0. The van der Waals surface area contributed by atoms with E-state index in [1.807, 2.05) is 22.9 Å². The number of halogens is 1. The smallest absolute Gasteiger partial charge is 0.123 e. The number of hydrogen-bond acceptors (Lipinski definition) is 2. The Morgan fingerprint density at radius 1 is 1.00 bits per heavy atom. The highest BCUT2D eigenvalue weighted by molar-refractivity contribution is 8.76. The van der Waals surface area contributed by atoms with Crippen LogP contribution >= 0.6 is 21.6 Å². The molecule has 82 valence electrons. The molecule has 2 rings (SSSR count). The third kappa shape index (κ3) is 3.72. The Morgan fingerprint density at radius 3 is 2.33 bits per heavy atom. The summed E-state index contributed by atoms with van der Waals surface area (Å²) in [6.45, 7) is 0. The molecule has 0 saturated heterocycles. The SMILES string of the molecule is Fc1ccc(SSC2CCCCC2)cc1. The van der Waals surface area contributed by atoms with Gasteiger partial charge in [0, 0.05) is 10.1 Å². The zero-order valence-electron chi connectivity index (χ0n) is 8.62. The zero-order chi connectivity index (χ0) is 10.5.